The lowest BCUT2D eigenvalue weighted by atomic mass is 10.2. The van der Waals surface area contributed by atoms with Crippen molar-refractivity contribution in [2.24, 2.45) is 0 Å². The number of hydrogen-bond donors (Lipinski definition) is 3. The minimum absolute atomic E-state index is 0.105. The third-order valence-corrected chi connectivity index (χ3v) is 4.72. The molecule has 0 aliphatic rings. The Labute approximate surface area is 160 Å². The van der Waals surface area contributed by atoms with E-state index in [2.05, 4.69) is 20.9 Å². The number of anilines is 2. The Hall–Kier alpha value is -3.13. The van der Waals surface area contributed by atoms with Crippen LogP contribution in [-0.4, -0.2) is 24.0 Å². The molecule has 7 nitrogen and oxygen atoms in total. The number of nitrogens with zero attached hydrogens (tertiary/aromatic N) is 1. The summed E-state index contributed by atoms with van der Waals surface area (Å²) in [6, 6.07) is 12.9. The van der Waals surface area contributed by atoms with Crippen LogP contribution in [0.5, 0.6) is 5.75 Å². The summed E-state index contributed by atoms with van der Waals surface area (Å²) in [5.74, 6) is 0.422. The van der Waals surface area contributed by atoms with Crippen molar-refractivity contribution in [3.8, 4) is 5.75 Å². The van der Waals surface area contributed by atoms with Crippen LogP contribution in [0.1, 0.15) is 18.9 Å². The fourth-order valence-electron chi connectivity index (χ4n) is 2.44. The van der Waals surface area contributed by atoms with E-state index in [1.807, 2.05) is 30.3 Å². The van der Waals surface area contributed by atoms with Crippen LogP contribution < -0.4 is 20.7 Å². The van der Waals surface area contributed by atoms with Crippen molar-refractivity contribution in [3.63, 3.8) is 0 Å². The molecule has 0 atom stereocenters. The van der Waals surface area contributed by atoms with E-state index in [0.717, 1.165) is 10.3 Å². The number of methoxy groups -OCH3 is 1. The van der Waals surface area contributed by atoms with Gasteiger partial charge in [-0.1, -0.05) is 48.6 Å². The predicted octanol–water partition coefficient (Wildman–Crippen LogP) is 3.98. The lowest BCUT2D eigenvalue weighted by molar-refractivity contribution is -0.115. The van der Waals surface area contributed by atoms with Crippen LogP contribution in [0.4, 0.5) is 15.6 Å². The van der Waals surface area contributed by atoms with Gasteiger partial charge in [-0.25, -0.2) is 9.78 Å². The molecule has 8 heteroatoms. The maximum Gasteiger partial charge on any atom is 0.319 e. The van der Waals surface area contributed by atoms with E-state index in [0.29, 0.717) is 35.1 Å². The molecular formula is C19H20N4O3S. The van der Waals surface area contributed by atoms with Gasteiger partial charge in [0, 0.05) is 24.7 Å². The maximum atomic E-state index is 12.2. The highest BCUT2D eigenvalue weighted by Gasteiger charge is 2.13. The molecule has 0 spiro atoms. The summed E-state index contributed by atoms with van der Waals surface area (Å²) in [5, 5.41) is 8.86. The minimum Gasteiger partial charge on any atom is -0.494 e. The summed E-state index contributed by atoms with van der Waals surface area (Å²) in [6.07, 6.45) is 0.376. The lowest BCUT2D eigenvalue weighted by Gasteiger charge is -2.09. The first-order chi connectivity index (χ1) is 13.1. The highest BCUT2D eigenvalue weighted by molar-refractivity contribution is 7.22. The average Bonchev–Trinajstić information content (AvgIpc) is 3.08. The van der Waals surface area contributed by atoms with Gasteiger partial charge in [0.15, 0.2) is 5.13 Å². The van der Waals surface area contributed by atoms with E-state index in [4.69, 9.17) is 4.74 Å². The predicted molar refractivity (Wildman–Crippen MR) is 107 cm³/mol. The summed E-state index contributed by atoms with van der Waals surface area (Å²) in [7, 11) is 1.54. The number of urea groups is 1. The number of benzene rings is 2. The van der Waals surface area contributed by atoms with Gasteiger partial charge >= 0.3 is 6.03 Å². The number of fused-ring (bicyclic) bond motifs is 1. The molecule has 27 heavy (non-hydrogen) atoms. The van der Waals surface area contributed by atoms with Crippen LogP contribution in [0.2, 0.25) is 0 Å². The molecule has 0 aliphatic carbocycles. The molecular weight excluding hydrogens is 364 g/mol. The van der Waals surface area contributed by atoms with Gasteiger partial charge in [-0.15, -0.1) is 0 Å². The zero-order valence-electron chi connectivity index (χ0n) is 15.0. The fourth-order valence-corrected chi connectivity index (χ4v) is 3.38. The van der Waals surface area contributed by atoms with Crippen molar-refractivity contribution in [1.82, 2.24) is 10.3 Å². The van der Waals surface area contributed by atoms with Gasteiger partial charge in [-0.3, -0.25) is 4.79 Å². The molecule has 0 bridgehead atoms. The summed E-state index contributed by atoms with van der Waals surface area (Å²) in [4.78, 5) is 28.2. The Balaban J connectivity index is 1.74. The first kappa shape index (κ1) is 18.7. The molecule has 3 N–H and O–H groups in total. The van der Waals surface area contributed by atoms with E-state index in [-0.39, 0.29) is 11.9 Å². The summed E-state index contributed by atoms with van der Waals surface area (Å²) >= 11 is 1.33. The van der Waals surface area contributed by atoms with Crippen LogP contribution >= 0.6 is 11.3 Å². The topological polar surface area (TPSA) is 92.3 Å². The van der Waals surface area contributed by atoms with Crippen LogP contribution in [0.25, 0.3) is 10.2 Å². The van der Waals surface area contributed by atoms with E-state index < -0.39 is 0 Å². The van der Waals surface area contributed by atoms with Crippen molar-refractivity contribution in [2.75, 3.05) is 17.7 Å². The van der Waals surface area contributed by atoms with Crippen molar-refractivity contribution >= 4 is 44.3 Å². The molecule has 140 valence electrons. The molecule has 0 aliphatic heterocycles. The van der Waals surface area contributed by atoms with Gasteiger partial charge in [0.1, 0.15) is 11.3 Å². The van der Waals surface area contributed by atoms with Crippen LogP contribution in [-0.2, 0) is 11.3 Å². The molecule has 3 amide bonds. The first-order valence-corrected chi connectivity index (χ1v) is 9.28. The number of thiazole rings is 1. The number of ether oxygens (including phenoxy) is 1. The number of carbonyl (C=O) groups excluding carboxylic acids is 2. The SMILES string of the molecule is CCC(=O)Nc1nc2c(OC)cc(NC(=O)NCc3ccccc3)cc2s1. The maximum absolute atomic E-state index is 12.2. The van der Waals surface area contributed by atoms with Gasteiger partial charge in [0.2, 0.25) is 5.91 Å². The molecule has 3 rings (SSSR count). The van der Waals surface area contributed by atoms with Crippen molar-refractivity contribution in [3.05, 3.63) is 48.0 Å². The molecule has 0 saturated heterocycles. The van der Waals surface area contributed by atoms with Gasteiger partial charge in [0.25, 0.3) is 0 Å². The number of nitrogens with one attached hydrogen (secondary N) is 3. The molecule has 1 aromatic heterocycles. The van der Waals surface area contributed by atoms with Crippen LogP contribution in [0.3, 0.4) is 0 Å². The number of hydrogen-bond acceptors (Lipinski definition) is 5. The van der Waals surface area contributed by atoms with Crippen molar-refractivity contribution in [1.29, 1.82) is 0 Å². The number of amides is 3. The zero-order chi connectivity index (χ0) is 19.2. The monoisotopic (exact) mass is 384 g/mol. The number of aromatic nitrogens is 1. The van der Waals surface area contributed by atoms with Crippen molar-refractivity contribution < 1.29 is 14.3 Å². The summed E-state index contributed by atoms with van der Waals surface area (Å²) in [5.41, 5.74) is 2.24. The Morgan fingerprint density at radius 1 is 1.15 bits per heavy atom. The largest absolute Gasteiger partial charge is 0.494 e. The molecule has 0 radical (unpaired) electrons. The number of rotatable bonds is 6. The fraction of sp³-hybridized carbons (Fsp3) is 0.211. The Morgan fingerprint density at radius 3 is 2.63 bits per heavy atom. The Morgan fingerprint density at radius 2 is 1.93 bits per heavy atom. The second kappa shape index (κ2) is 8.50. The van der Waals surface area contributed by atoms with Gasteiger partial charge in [0.05, 0.1) is 11.8 Å². The standard InChI is InChI=1S/C19H20N4O3S/c1-3-16(24)22-19-23-17-14(26-2)9-13(10-15(17)27-19)21-18(25)20-11-12-7-5-4-6-8-12/h4-10H,3,11H2,1-2H3,(H2,20,21,25)(H,22,23,24). The summed E-state index contributed by atoms with van der Waals surface area (Å²) < 4.78 is 6.19. The third-order valence-electron chi connectivity index (χ3n) is 3.80. The highest BCUT2D eigenvalue weighted by Crippen LogP contribution is 2.35. The van der Waals surface area contributed by atoms with Crippen molar-refractivity contribution in [2.45, 2.75) is 19.9 Å². The van der Waals surface area contributed by atoms with Gasteiger partial charge in [-0.05, 0) is 11.6 Å². The number of carbonyl (C=O) groups is 2. The van der Waals surface area contributed by atoms with E-state index in [1.165, 1.54) is 18.4 Å². The molecule has 3 aromatic rings. The normalized spacial score (nSPS) is 10.4. The highest BCUT2D eigenvalue weighted by atomic mass is 32.1. The molecule has 1 heterocycles. The molecule has 0 unspecified atom stereocenters. The minimum atomic E-state index is -0.315. The first-order valence-electron chi connectivity index (χ1n) is 8.46. The van der Waals surface area contributed by atoms with E-state index in [9.17, 15) is 9.59 Å². The van der Waals surface area contributed by atoms with Crippen LogP contribution in [0, 0.1) is 0 Å². The zero-order valence-corrected chi connectivity index (χ0v) is 15.9. The second-order valence-electron chi connectivity index (χ2n) is 5.74. The van der Waals surface area contributed by atoms with Gasteiger partial charge in [-0.2, -0.15) is 0 Å². The third kappa shape index (κ3) is 4.73. The molecule has 2 aromatic carbocycles. The quantitative estimate of drug-likeness (QED) is 0.599. The van der Waals surface area contributed by atoms with Crippen LogP contribution in [0.15, 0.2) is 42.5 Å². The van der Waals surface area contributed by atoms with E-state index >= 15 is 0 Å². The summed E-state index contributed by atoms with van der Waals surface area (Å²) in [6.45, 7) is 2.21. The van der Waals surface area contributed by atoms with E-state index in [1.54, 1.807) is 19.1 Å². The molecule has 0 saturated carbocycles. The van der Waals surface area contributed by atoms with Gasteiger partial charge < -0.3 is 20.7 Å². The average molecular weight is 384 g/mol. The molecule has 0 fully saturated rings. The smallest absolute Gasteiger partial charge is 0.319 e. The second-order valence-corrected chi connectivity index (χ2v) is 6.77. The lowest BCUT2D eigenvalue weighted by Crippen LogP contribution is -2.28. The Bertz CT molecular complexity index is 956. The Kier molecular flexibility index (Phi) is 5.87.